The van der Waals surface area contributed by atoms with Gasteiger partial charge in [0.25, 0.3) is 0 Å². The number of fused-ring (bicyclic) bond motifs is 1. The maximum atomic E-state index is 14.3. The van der Waals surface area contributed by atoms with Crippen molar-refractivity contribution in [3.63, 3.8) is 0 Å². The number of carbonyl (C=O) groups excluding carboxylic acids is 1. The third-order valence-corrected chi connectivity index (χ3v) is 9.31. The van der Waals surface area contributed by atoms with Gasteiger partial charge in [0, 0.05) is 77.0 Å². The van der Waals surface area contributed by atoms with Crippen LogP contribution in [0, 0.1) is 0 Å². The van der Waals surface area contributed by atoms with E-state index in [0.717, 1.165) is 69.0 Å². The normalized spacial score (nSPS) is 17.1. The number of amides is 1. The largest absolute Gasteiger partial charge is 0.340 e. The molecular weight excluding hydrogens is 761 g/mol. The first kappa shape index (κ1) is 30.2. The lowest BCUT2D eigenvalue weighted by Crippen LogP contribution is -2.64. The molecule has 3 aromatic carbocycles. The van der Waals surface area contributed by atoms with Crippen molar-refractivity contribution in [3.8, 4) is 0 Å². The van der Waals surface area contributed by atoms with Crippen molar-refractivity contribution >= 4 is 82.0 Å². The van der Waals surface area contributed by atoms with Gasteiger partial charge in [-0.25, -0.2) is 0 Å². The predicted molar refractivity (Wildman–Crippen MR) is 171 cm³/mol. The van der Waals surface area contributed by atoms with Gasteiger partial charge in [-0.3, -0.25) is 14.6 Å². The van der Waals surface area contributed by atoms with E-state index in [1.165, 1.54) is 16.7 Å². The molecule has 1 saturated heterocycles. The molecule has 0 spiro atoms. The minimum Gasteiger partial charge on any atom is -0.340 e. The average molecular weight is 792 g/mol. The summed E-state index contributed by atoms with van der Waals surface area (Å²) in [6, 6.07) is 21.2. The molecule has 9 heteroatoms. The van der Waals surface area contributed by atoms with Crippen molar-refractivity contribution in [3.05, 3.63) is 101 Å². The molecular formula is C29H30Br4ClN3O. The molecule has 5 rings (SSSR count). The molecule has 0 aromatic heterocycles. The molecule has 3 aromatic rings. The summed E-state index contributed by atoms with van der Waals surface area (Å²) in [5.41, 5.74) is 4.46. The van der Waals surface area contributed by atoms with Crippen molar-refractivity contribution in [2.24, 2.45) is 0 Å². The third-order valence-electron chi connectivity index (χ3n) is 7.48. The van der Waals surface area contributed by atoms with Crippen LogP contribution in [0.5, 0.6) is 0 Å². The van der Waals surface area contributed by atoms with Crippen LogP contribution < -0.4 is 0 Å². The Labute approximate surface area is 265 Å². The lowest BCUT2D eigenvalue weighted by atomic mass is 9.90. The molecule has 0 N–H and O–H groups in total. The van der Waals surface area contributed by atoms with E-state index < -0.39 is 5.54 Å². The smallest absolute Gasteiger partial charge is 0.243 e. The highest BCUT2D eigenvalue weighted by molar-refractivity contribution is 9.11. The molecule has 1 aliphatic carbocycles. The predicted octanol–water partition coefficient (Wildman–Crippen LogP) is 7.47. The Morgan fingerprint density at radius 1 is 0.789 bits per heavy atom. The first-order chi connectivity index (χ1) is 17.7. The maximum Gasteiger partial charge on any atom is 0.243 e. The van der Waals surface area contributed by atoms with Gasteiger partial charge in [0.05, 0.1) is 0 Å². The fourth-order valence-electron chi connectivity index (χ4n) is 5.80. The van der Waals surface area contributed by atoms with Crippen LogP contribution >= 0.6 is 76.1 Å². The van der Waals surface area contributed by atoms with Crippen LogP contribution in [0.1, 0.15) is 22.3 Å². The molecule has 4 nitrogen and oxygen atoms in total. The number of hydrogen-bond acceptors (Lipinski definition) is 3. The van der Waals surface area contributed by atoms with Crippen LogP contribution in [0.15, 0.2) is 78.6 Å². The van der Waals surface area contributed by atoms with Gasteiger partial charge in [-0.15, -0.1) is 12.4 Å². The van der Waals surface area contributed by atoms with Gasteiger partial charge < -0.3 is 4.90 Å². The Bertz CT molecular complexity index is 1250. The average Bonchev–Trinajstić information content (AvgIpc) is 3.23. The molecule has 0 atom stereocenters. The van der Waals surface area contributed by atoms with Gasteiger partial charge in [-0.1, -0.05) is 88.0 Å². The number of likely N-dealkylation sites (N-methyl/N-ethyl adjacent to an activating group) is 1. The second-order valence-electron chi connectivity index (χ2n) is 10.1. The van der Waals surface area contributed by atoms with Gasteiger partial charge >= 0.3 is 0 Å². The summed E-state index contributed by atoms with van der Waals surface area (Å²) in [6.07, 6.45) is 1.54. The fourth-order valence-corrected chi connectivity index (χ4v) is 8.58. The Hall–Kier alpha value is -0.740. The number of benzene rings is 3. The molecule has 0 radical (unpaired) electrons. The first-order valence-corrected chi connectivity index (χ1v) is 15.6. The number of piperazine rings is 1. The van der Waals surface area contributed by atoms with Crippen molar-refractivity contribution < 1.29 is 4.79 Å². The van der Waals surface area contributed by atoms with Gasteiger partial charge in [-0.2, -0.15) is 0 Å². The summed E-state index contributed by atoms with van der Waals surface area (Å²) in [5, 5.41) is 0. The Morgan fingerprint density at radius 3 is 1.76 bits per heavy atom. The minimum atomic E-state index is -0.535. The van der Waals surface area contributed by atoms with E-state index in [1.54, 1.807) is 0 Å². The molecule has 1 amide bonds. The topological polar surface area (TPSA) is 26.8 Å². The summed E-state index contributed by atoms with van der Waals surface area (Å²) in [5.74, 6) is 0.212. The van der Waals surface area contributed by atoms with E-state index in [0.29, 0.717) is 6.54 Å². The molecule has 202 valence electrons. The van der Waals surface area contributed by atoms with E-state index in [-0.39, 0.29) is 18.3 Å². The third kappa shape index (κ3) is 6.76. The monoisotopic (exact) mass is 787 g/mol. The summed E-state index contributed by atoms with van der Waals surface area (Å²) in [4.78, 5) is 21.2. The highest BCUT2D eigenvalue weighted by Gasteiger charge is 2.50. The lowest BCUT2D eigenvalue weighted by molar-refractivity contribution is -0.145. The zero-order chi connectivity index (χ0) is 26.2. The standard InChI is InChI=1S/C29H29Br4N3O.ClH/c1-34(18-20-10-24(30)14-25(31)11-20)28(37)29(16-22-4-2-3-5-23(22)17-29)36-8-6-35(7-9-36)19-21-12-26(32)15-27(33)13-21;/h2-5,10-15H,6-9,16-19H2,1H3;1H. The highest BCUT2D eigenvalue weighted by Crippen LogP contribution is 2.37. The van der Waals surface area contributed by atoms with Crippen LogP contribution in [0.3, 0.4) is 0 Å². The second-order valence-corrected chi connectivity index (χ2v) is 13.8. The molecule has 38 heavy (non-hydrogen) atoms. The summed E-state index contributed by atoms with van der Waals surface area (Å²) >= 11 is 14.4. The Balaban J connectivity index is 0.00000336. The quantitative estimate of drug-likeness (QED) is 0.260. The van der Waals surface area contributed by atoms with Crippen molar-refractivity contribution in [2.45, 2.75) is 31.5 Å². The zero-order valence-electron chi connectivity index (χ0n) is 21.1. The van der Waals surface area contributed by atoms with Crippen molar-refractivity contribution in [1.29, 1.82) is 0 Å². The van der Waals surface area contributed by atoms with E-state index in [4.69, 9.17) is 0 Å². The SMILES string of the molecule is CN(Cc1cc(Br)cc(Br)c1)C(=O)C1(N2CCN(Cc3cc(Br)cc(Br)c3)CC2)Cc2ccccc2C1.Cl. The summed E-state index contributed by atoms with van der Waals surface area (Å²) in [6.45, 7) is 5.13. The molecule has 1 aliphatic heterocycles. The van der Waals surface area contributed by atoms with Crippen LogP contribution in [-0.4, -0.2) is 59.4 Å². The molecule has 1 heterocycles. The Kier molecular flexibility index (Phi) is 10.2. The molecule has 1 fully saturated rings. The first-order valence-electron chi connectivity index (χ1n) is 12.4. The molecule has 0 unspecified atom stereocenters. The van der Waals surface area contributed by atoms with Crippen LogP contribution in [0.25, 0.3) is 0 Å². The molecule has 0 bridgehead atoms. The van der Waals surface area contributed by atoms with Gasteiger partial charge in [0.2, 0.25) is 5.91 Å². The van der Waals surface area contributed by atoms with E-state index >= 15 is 0 Å². The number of carbonyl (C=O) groups is 1. The highest BCUT2D eigenvalue weighted by atomic mass is 79.9. The van der Waals surface area contributed by atoms with Crippen LogP contribution in [-0.2, 0) is 30.7 Å². The van der Waals surface area contributed by atoms with E-state index in [1.807, 2.05) is 18.0 Å². The second kappa shape index (κ2) is 12.8. The summed E-state index contributed by atoms with van der Waals surface area (Å²) in [7, 11) is 1.95. The summed E-state index contributed by atoms with van der Waals surface area (Å²) < 4.78 is 4.19. The van der Waals surface area contributed by atoms with E-state index in [9.17, 15) is 4.79 Å². The number of halogens is 5. The van der Waals surface area contributed by atoms with Crippen LogP contribution in [0.2, 0.25) is 0 Å². The van der Waals surface area contributed by atoms with Gasteiger partial charge in [-0.05, 0) is 58.7 Å². The lowest BCUT2D eigenvalue weighted by Gasteiger charge is -2.46. The van der Waals surface area contributed by atoms with Gasteiger partial charge in [0.1, 0.15) is 5.54 Å². The van der Waals surface area contributed by atoms with E-state index in [2.05, 4.69) is 128 Å². The fraction of sp³-hybridized carbons (Fsp3) is 0.345. The number of hydrogen-bond donors (Lipinski definition) is 0. The Morgan fingerprint density at radius 2 is 1.26 bits per heavy atom. The number of rotatable bonds is 6. The zero-order valence-corrected chi connectivity index (χ0v) is 28.3. The van der Waals surface area contributed by atoms with Crippen molar-refractivity contribution in [1.82, 2.24) is 14.7 Å². The van der Waals surface area contributed by atoms with Crippen molar-refractivity contribution in [2.75, 3.05) is 33.2 Å². The maximum absolute atomic E-state index is 14.3. The van der Waals surface area contributed by atoms with Crippen LogP contribution in [0.4, 0.5) is 0 Å². The number of nitrogens with zero attached hydrogens (tertiary/aromatic N) is 3. The van der Waals surface area contributed by atoms with Gasteiger partial charge in [0.15, 0.2) is 0 Å². The minimum absolute atomic E-state index is 0. The molecule has 2 aliphatic rings. The molecule has 0 saturated carbocycles.